The Balaban J connectivity index is 2.91. The maximum atomic E-state index is 11.6. The second-order valence-corrected chi connectivity index (χ2v) is 7.83. The number of hydrogen-bond acceptors (Lipinski definition) is 6. The highest BCUT2D eigenvalue weighted by atomic mass is 32.2. The third-order valence-electron chi connectivity index (χ3n) is 3.39. The maximum Gasteiger partial charge on any atom is 0.295 e. The molecule has 0 saturated carbocycles. The molecule has 0 saturated heterocycles. The molecule has 0 fully saturated rings. The average Bonchev–Trinajstić information content (AvgIpc) is 2.45. The first-order valence-corrected chi connectivity index (χ1v) is 9.36. The normalized spacial score (nSPS) is 12.2. The molecule has 8 nitrogen and oxygen atoms in total. The van der Waals surface area contributed by atoms with Gasteiger partial charge >= 0.3 is 0 Å². The van der Waals surface area contributed by atoms with Crippen molar-refractivity contribution in [3.05, 3.63) is 35.9 Å². The van der Waals surface area contributed by atoms with Crippen LogP contribution in [0.25, 0.3) is 11.1 Å². The highest BCUT2D eigenvalue weighted by molar-refractivity contribution is 7.86. The molecule has 0 aromatic heterocycles. The number of benzene rings is 2. The molecule has 0 bridgehead atoms. The quantitative estimate of drug-likeness (QED) is 0.543. The minimum Gasteiger partial charge on any atom is -0.495 e. The van der Waals surface area contributed by atoms with Crippen LogP contribution in [0.3, 0.4) is 0 Å². The van der Waals surface area contributed by atoms with Crippen molar-refractivity contribution < 1.29 is 30.7 Å². The van der Waals surface area contributed by atoms with Crippen molar-refractivity contribution in [1.29, 1.82) is 0 Å². The summed E-state index contributed by atoms with van der Waals surface area (Å²) in [6, 6.07) is 5.67. The summed E-state index contributed by atoms with van der Waals surface area (Å²) in [6.45, 7) is 1.62. The molecule has 0 aliphatic rings. The van der Waals surface area contributed by atoms with E-state index in [1.807, 2.05) is 0 Å². The van der Waals surface area contributed by atoms with Crippen LogP contribution >= 0.6 is 0 Å². The fraction of sp³-hybridized carbons (Fsp3) is 0.143. The molecule has 4 N–H and O–H groups in total. The van der Waals surface area contributed by atoms with Crippen LogP contribution in [0.4, 0.5) is 5.69 Å². The van der Waals surface area contributed by atoms with Crippen LogP contribution < -0.4 is 10.5 Å². The molecule has 130 valence electrons. The topological polar surface area (TPSA) is 144 Å². The molecule has 0 radical (unpaired) electrons. The molecule has 2 aromatic rings. The largest absolute Gasteiger partial charge is 0.495 e. The monoisotopic (exact) mass is 373 g/mol. The number of nitrogen functional groups attached to an aromatic ring is 1. The van der Waals surface area contributed by atoms with Gasteiger partial charge in [0.05, 0.1) is 17.7 Å². The van der Waals surface area contributed by atoms with E-state index in [0.717, 1.165) is 18.2 Å². The Morgan fingerprint density at radius 3 is 2.08 bits per heavy atom. The fourth-order valence-corrected chi connectivity index (χ4v) is 3.48. The Hall–Kier alpha value is -2.14. The van der Waals surface area contributed by atoms with Crippen molar-refractivity contribution in [3.63, 3.8) is 0 Å². The lowest BCUT2D eigenvalue weighted by Gasteiger charge is -2.14. The SMILES string of the molecule is COc1cc(-c2cc(S(=O)(=O)O)ccc2S(=O)(=O)O)c(C)cc1N. The number of anilines is 1. The van der Waals surface area contributed by atoms with Gasteiger partial charge in [-0.3, -0.25) is 9.11 Å². The van der Waals surface area contributed by atoms with Gasteiger partial charge in [0.1, 0.15) is 10.6 Å². The molecule has 0 heterocycles. The van der Waals surface area contributed by atoms with Crippen molar-refractivity contribution in [2.45, 2.75) is 16.7 Å². The standard InChI is InChI=1S/C14H15NO7S2/c1-8-5-12(15)13(22-2)7-10(8)11-6-9(23(16,17)18)3-4-14(11)24(19,20)21/h3-7H,15H2,1-2H3,(H,16,17,18)(H,19,20,21). The van der Waals surface area contributed by atoms with Gasteiger partial charge in [0.25, 0.3) is 20.2 Å². The van der Waals surface area contributed by atoms with Gasteiger partial charge in [-0.2, -0.15) is 16.8 Å². The van der Waals surface area contributed by atoms with Crippen LogP contribution in [0, 0.1) is 6.92 Å². The number of ether oxygens (including phenoxy) is 1. The highest BCUT2D eigenvalue weighted by Gasteiger charge is 2.22. The van der Waals surface area contributed by atoms with Gasteiger partial charge < -0.3 is 10.5 Å². The van der Waals surface area contributed by atoms with Crippen LogP contribution in [0.2, 0.25) is 0 Å². The molecule has 0 aliphatic heterocycles. The summed E-state index contributed by atoms with van der Waals surface area (Å²) in [5, 5.41) is 0. The smallest absolute Gasteiger partial charge is 0.295 e. The number of methoxy groups -OCH3 is 1. The minimum atomic E-state index is -4.64. The molecular weight excluding hydrogens is 358 g/mol. The van der Waals surface area contributed by atoms with E-state index in [0.29, 0.717) is 11.3 Å². The van der Waals surface area contributed by atoms with Gasteiger partial charge in [-0.25, -0.2) is 0 Å². The predicted octanol–water partition coefficient (Wildman–Crippen LogP) is 1.75. The van der Waals surface area contributed by atoms with Gasteiger partial charge in [0.15, 0.2) is 0 Å². The third-order valence-corrected chi connectivity index (χ3v) is 5.16. The second-order valence-electron chi connectivity index (χ2n) is 5.02. The predicted molar refractivity (Wildman–Crippen MR) is 87.2 cm³/mol. The molecule has 0 amide bonds. The van der Waals surface area contributed by atoms with Crippen molar-refractivity contribution in [3.8, 4) is 16.9 Å². The maximum absolute atomic E-state index is 11.6. The summed E-state index contributed by atoms with van der Waals surface area (Å²) in [6.07, 6.45) is 0. The molecule has 10 heteroatoms. The summed E-state index contributed by atoms with van der Waals surface area (Å²) in [4.78, 5) is -1.02. The lowest BCUT2D eigenvalue weighted by Crippen LogP contribution is -2.05. The van der Waals surface area contributed by atoms with Crippen molar-refractivity contribution in [2.24, 2.45) is 0 Å². The third kappa shape index (κ3) is 3.51. The van der Waals surface area contributed by atoms with E-state index in [2.05, 4.69) is 0 Å². The van der Waals surface area contributed by atoms with Crippen molar-refractivity contribution >= 4 is 25.9 Å². The summed E-state index contributed by atoms with van der Waals surface area (Å²) in [5.74, 6) is 0.245. The first kappa shape index (κ1) is 18.2. The molecule has 0 aliphatic carbocycles. The van der Waals surface area contributed by atoms with E-state index in [1.54, 1.807) is 6.92 Å². The van der Waals surface area contributed by atoms with Crippen LogP contribution in [-0.4, -0.2) is 33.1 Å². The lowest BCUT2D eigenvalue weighted by atomic mass is 9.99. The van der Waals surface area contributed by atoms with E-state index in [1.165, 1.54) is 19.2 Å². The first-order valence-electron chi connectivity index (χ1n) is 6.48. The van der Waals surface area contributed by atoms with Gasteiger partial charge in [-0.1, -0.05) is 0 Å². The minimum absolute atomic E-state index is 0.108. The zero-order valence-electron chi connectivity index (χ0n) is 12.7. The second kappa shape index (κ2) is 6.06. The summed E-state index contributed by atoms with van der Waals surface area (Å²) >= 11 is 0. The van der Waals surface area contributed by atoms with Crippen LogP contribution in [0.5, 0.6) is 5.75 Å². The van der Waals surface area contributed by atoms with E-state index in [4.69, 9.17) is 10.5 Å². The Bertz CT molecular complexity index is 1010. The van der Waals surface area contributed by atoms with Gasteiger partial charge in [0.2, 0.25) is 0 Å². The fourth-order valence-electron chi connectivity index (χ4n) is 2.28. The average molecular weight is 373 g/mol. The Morgan fingerprint density at radius 2 is 1.58 bits per heavy atom. The number of rotatable bonds is 4. The van der Waals surface area contributed by atoms with Crippen LogP contribution in [0.15, 0.2) is 40.1 Å². The Kier molecular flexibility index (Phi) is 4.59. The van der Waals surface area contributed by atoms with Gasteiger partial charge in [0, 0.05) is 5.56 Å². The zero-order valence-corrected chi connectivity index (χ0v) is 14.3. The zero-order chi connectivity index (χ0) is 18.3. The number of hydrogen-bond donors (Lipinski definition) is 3. The van der Waals surface area contributed by atoms with Gasteiger partial charge in [-0.15, -0.1) is 0 Å². The lowest BCUT2D eigenvalue weighted by molar-refractivity contribution is 0.417. The Labute approximate surface area is 139 Å². The van der Waals surface area contributed by atoms with E-state index >= 15 is 0 Å². The number of nitrogens with two attached hydrogens (primary N) is 1. The van der Waals surface area contributed by atoms with E-state index in [-0.39, 0.29) is 16.9 Å². The summed E-state index contributed by atoms with van der Waals surface area (Å²) < 4.78 is 69.6. The molecule has 0 atom stereocenters. The molecule has 2 rings (SSSR count). The first-order chi connectivity index (χ1) is 10.9. The van der Waals surface area contributed by atoms with Crippen molar-refractivity contribution in [2.75, 3.05) is 12.8 Å². The highest BCUT2D eigenvalue weighted by Crippen LogP contribution is 2.36. The summed E-state index contributed by atoms with van der Waals surface area (Å²) in [5.41, 5.74) is 6.77. The molecule has 0 unspecified atom stereocenters. The van der Waals surface area contributed by atoms with Crippen molar-refractivity contribution in [1.82, 2.24) is 0 Å². The van der Waals surface area contributed by atoms with E-state index < -0.39 is 30.0 Å². The number of aryl methyl sites for hydroxylation is 1. The molecule has 2 aromatic carbocycles. The molecule has 0 spiro atoms. The van der Waals surface area contributed by atoms with E-state index in [9.17, 15) is 25.9 Å². The summed E-state index contributed by atoms with van der Waals surface area (Å²) in [7, 11) is -7.84. The molecular formula is C14H15NO7S2. The van der Waals surface area contributed by atoms with Crippen LogP contribution in [0.1, 0.15) is 5.56 Å². The Morgan fingerprint density at radius 1 is 0.958 bits per heavy atom. The molecule has 24 heavy (non-hydrogen) atoms. The van der Waals surface area contributed by atoms with Crippen LogP contribution in [-0.2, 0) is 20.2 Å². The van der Waals surface area contributed by atoms with Gasteiger partial charge in [-0.05, 0) is 48.4 Å².